The summed E-state index contributed by atoms with van der Waals surface area (Å²) in [4.78, 5) is 27.1. The van der Waals surface area contributed by atoms with Gasteiger partial charge in [0.1, 0.15) is 11.6 Å². The van der Waals surface area contributed by atoms with E-state index >= 15 is 0 Å². The molecule has 10 heteroatoms. The summed E-state index contributed by atoms with van der Waals surface area (Å²) in [6.45, 7) is 0. The van der Waals surface area contributed by atoms with Crippen molar-refractivity contribution in [3.8, 4) is 6.07 Å². The second kappa shape index (κ2) is 9.29. The third kappa shape index (κ3) is 3.93. The fraction of sp³-hybridized carbons (Fsp3) is 0.208. The van der Waals surface area contributed by atoms with Crippen LogP contribution < -0.4 is 10.6 Å². The molecule has 0 saturated carbocycles. The molecule has 0 amide bonds. The number of Topliss-reactive ketones (excluding diaryl/α,β-unsaturated/α-hetero) is 2. The molecule has 0 fully saturated rings. The minimum absolute atomic E-state index is 0.00402. The molecule has 3 heterocycles. The number of ketones is 2. The molecule has 5 rings (SSSR count). The highest BCUT2D eigenvalue weighted by Gasteiger charge is 2.42. The first kappa shape index (κ1) is 22.1. The van der Waals surface area contributed by atoms with Crippen LogP contribution in [0.1, 0.15) is 41.3 Å². The van der Waals surface area contributed by atoms with Crippen LogP contribution in [0.2, 0.25) is 0 Å². The molecule has 0 spiro atoms. The molecular weight excluding hydrogens is 470 g/mol. The lowest BCUT2D eigenvalue weighted by atomic mass is 9.78. The van der Waals surface area contributed by atoms with Gasteiger partial charge in [0, 0.05) is 23.3 Å². The quantitative estimate of drug-likeness (QED) is 0.396. The smallest absolute Gasteiger partial charge is 0.219 e. The van der Waals surface area contributed by atoms with Crippen molar-refractivity contribution < 1.29 is 14.0 Å². The van der Waals surface area contributed by atoms with Crippen molar-refractivity contribution in [1.29, 1.82) is 5.26 Å². The van der Waals surface area contributed by atoms with Crippen molar-refractivity contribution >= 4 is 39.8 Å². The van der Waals surface area contributed by atoms with E-state index in [9.17, 15) is 14.9 Å². The molecule has 34 heavy (non-hydrogen) atoms. The van der Waals surface area contributed by atoms with E-state index in [-0.39, 0.29) is 28.7 Å². The molecule has 0 saturated heterocycles. The molecule has 8 nitrogen and oxygen atoms in total. The SMILES string of the molecule is N#CC1=C(N)N(c2nnc(SCC(=O)c3ccccc3)s2)C2=C(C(=O)CCC2)C1c1ccco1. The van der Waals surface area contributed by atoms with E-state index in [1.165, 1.54) is 29.4 Å². The average molecular weight is 490 g/mol. The predicted octanol–water partition coefficient (Wildman–Crippen LogP) is 4.41. The molecule has 2 aromatic heterocycles. The Morgan fingerprint density at radius 3 is 2.79 bits per heavy atom. The number of hydrogen-bond acceptors (Lipinski definition) is 10. The van der Waals surface area contributed by atoms with Gasteiger partial charge in [0.15, 0.2) is 15.9 Å². The number of nitrogens with two attached hydrogens (primary N) is 1. The fourth-order valence-electron chi connectivity index (χ4n) is 4.23. The molecule has 0 radical (unpaired) electrons. The number of benzene rings is 1. The molecule has 170 valence electrons. The summed E-state index contributed by atoms with van der Waals surface area (Å²) in [6.07, 6.45) is 3.22. The lowest BCUT2D eigenvalue weighted by molar-refractivity contribution is -0.116. The van der Waals surface area contributed by atoms with Crippen LogP contribution in [0.3, 0.4) is 0 Å². The largest absolute Gasteiger partial charge is 0.468 e. The Kier molecular flexibility index (Phi) is 6.04. The molecule has 1 aliphatic heterocycles. The Morgan fingerprint density at radius 1 is 1.24 bits per heavy atom. The topological polar surface area (TPSA) is 126 Å². The van der Waals surface area contributed by atoms with Crippen molar-refractivity contribution in [2.75, 3.05) is 10.7 Å². The number of rotatable bonds is 6. The van der Waals surface area contributed by atoms with E-state index < -0.39 is 5.92 Å². The monoisotopic (exact) mass is 489 g/mol. The van der Waals surface area contributed by atoms with Crippen LogP contribution in [-0.2, 0) is 4.79 Å². The highest BCUT2D eigenvalue weighted by atomic mass is 32.2. The number of carbonyl (C=O) groups excluding carboxylic acids is 2. The van der Waals surface area contributed by atoms with Gasteiger partial charge in [-0.15, -0.1) is 10.2 Å². The summed E-state index contributed by atoms with van der Waals surface area (Å²) >= 11 is 2.56. The van der Waals surface area contributed by atoms with Crippen LogP contribution in [0.25, 0.3) is 0 Å². The van der Waals surface area contributed by atoms with E-state index in [1.807, 2.05) is 18.2 Å². The summed E-state index contributed by atoms with van der Waals surface area (Å²) in [5, 5.41) is 18.9. The van der Waals surface area contributed by atoms with Gasteiger partial charge in [0.05, 0.1) is 29.6 Å². The van der Waals surface area contributed by atoms with Gasteiger partial charge in [-0.05, 0) is 25.0 Å². The van der Waals surface area contributed by atoms with Crippen molar-refractivity contribution in [3.05, 3.63) is 82.7 Å². The molecule has 2 N–H and O–H groups in total. The second-order valence-electron chi connectivity index (χ2n) is 7.76. The Labute approximate surface area is 203 Å². The number of furan rings is 1. The third-order valence-corrected chi connectivity index (χ3v) is 7.79. The molecular formula is C24H19N5O3S2. The predicted molar refractivity (Wildman–Crippen MR) is 128 cm³/mol. The Balaban J connectivity index is 1.47. The molecule has 1 unspecified atom stereocenters. The zero-order valence-corrected chi connectivity index (χ0v) is 19.6. The highest BCUT2D eigenvalue weighted by molar-refractivity contribution is 8.01. The van der Waals surface area contributed by atoms with E-state index in [0.717, 1.165) is 5.70 Å². The van der Waals surface area contributed by atoms with Gasteiger partial charge < -0.3 is 10.2 Å². The van der Waals surface area contributed by atoms with E-state index in [2.05, 4.69) is 16.3 Å². The van der Waals surface area contributed by atoms with Crippen LogP contribution in [0.4, 0.5) is 5.13 Å². The highest BCUT2D eigenvalue weighted by Crippen LogP contribution is 2.47. The molecule has 1 atom stereocenters. The van der Waals surface area contributed by atoms with Gasteiger partial charge in [0.2, 0.25) is 5.13 Å². The third-order valence-electron chi connectivity index (χ3n) is 5.75. The number of aromatic nitrogens is 2. The van der Waals surface area contributed by atoms with Crippen LogP contribution in [0.15, 0.2) is 80.1 Å². The normalized spacial score (nSPS) is 18.1. The summed E-state index contributed by atoms with van der Waals surface area (Å²) in [6, 6.07) is 14.7. The number of hydrogen-bond donors (Lipinski definition) is 1. The van der Waals surface area contributed by atoms with Gasteiger partial charge in [-0.1, -0.05) is 53.4 Å². The van der Waals surface area contributed by atoms with Crippen LogP contribution in [0.5, 0.6) is 0 Å². The maximum absolute atomic E-state index is 13.0. The first-order valence-electron chi connectivity index (χ1n) is 10.6. The number of nitrogens with zero attached hydrogens (tertiary/aromatic N) is 4. The lowest BCUT2D eigenvalue weighted by Gasteiger charge is -2.37. The van der Waals surface area contributed by atoms with Crippen LogP contribution in [-0.4, -0.2) is 27.5 Å². The number of anilines is 1. The average Bonchev–Trinajstić information content (AvgIpc) is 3.55. The number of carbonyl (C=O) groups is 2. The van der Waals surface area contributed by atoms with Gasteiger partial charge in [0.25, 0.3) is 0 Å². The maximum Gasteiger partial charge on any atom is 0.219 e. The number of allylic oxidation sites excluding steroid dienone is 3. The fourth-order valence-corrected chi connectivity index (χ4v) is 6.01. The molecule has 1 aliphatic carbocycles. The lowest BCUT2D eigenvalue weighted by Crippen LogP contribution is -2.38. The number of thioether (sulfide) groups is 1. The van der Waals surface area contributed by atoms with Gasteiger partial charge >= 0.3 is 0 Å². The summed E-state index contributed by atoms with van der Waals surface area (Å²) < 4.78 is 6.18. The van der Waals surface area contributed by atoms with Gasteiger partial charge in [-0.2, -0.15) is 5.26 Å². The molecule has 1 aromatic carbocycles. The van der Waals surface area contributed by atoms with Gasteiger partial charge in [-0.25, -0.2) is 0 Å². The van der Waals surface area contributed by atoms with Crippen molar-refractivity contribution in [1.82, 2.24) is 10.2 Å². The van der Waals surface area contributed by atoms with E-state index in [1.54, 1.807) is 29.2 Å². The van der Waals surface area contributed by atoms with Crippen molar-refractivity contribution in [2.45, 2.75) is 29.5 Å². The summed E-state index contributed by atoms with van der Waals surface area (Å²) in [7, 11) is 0. The number of nitriles is 1. The first-order valence-corrected chi connectivity index (χ1v) is 12.4. The Morgan fingerprint density at radius 2 is 2.06 bits per heavy atom. The van der Waals surface area contributed by atoms with Crippen LogP contribution in [0, 0.1) is 11.3 Å². The minimum atomic E-state index is -0.635. The minimum Gasteiger partial charge on any atom is -0.468 e. The van der Waals surface area contributed by atoms with E-state index in [0.29, 0.717) is 45.6 Å². The van der Waals surface area contributed by atoms with Crippen molar-refractivity contribution in [3.63, 3.8) is 0 Å². The summed E-state index contributed by atoms with van der Waals surface area (Å²) in [5.74, 6) is 0.279. The Bertz CT molecular complexity index is 1350. The van der Waals surface area contributed by atoms with Gasteiger partial charge in [-0.3, -0.25) is 14.5 Å². The molecule has 0 bridgehead atoms. The first-order chi connectivity index (χ1) is 16.6. The zero-order chi connectivity index (χ0) is 23.7. The molecule has 3 aromatic rings. The maximum atomic E-state index is 13.0. The van der Waals surface area contributed by atoms with Crippen LogP contribution >= 0.6 is 23.1 Å². The second-order valence-corrected chi connectivity index (χ2v) is 9.94. The standard InChI is InChI=1S/C24H19N5O3S2/c25-12-15-20(19-10-5-11-32-19)21-16(8-4-9-17(21)30)29(22(15)26)23-27-28-24(34-23)33-13-18(31)14-6-2-1-3-7-14/h1-3,5-7,10-11,20H,4,8-9,13,26H2. The Hall–Kier alpha value is -3.68. The summed E-state index contributed by atoms with van der Waals surface area (Å²) in [5.41, 5.74) is 8.63. The zero-order valence-electron chi connectivity index (χ0n) is 17.9. The van der Waals surface area contributed by atoms with Crippen molar-refractivity contribution in [2.24, 2.45) is 5.73 Å². The molecule has 2 aliphatic rings. The van der Waals surface area contributed by atoms with E-state index in [4.69, 9.17) is 10.2 Å².